The summed E-state index contributed by atoms with van der Waals surface area (Å²) in [6.07, 6.45) is 10.4. The highest BCUT2D eigenvalue weighted by molar-refractivity contribution is 6.06. The molecule has 1 aliphatic carbocycles. The third-order valence-corrected chi connectivity index (χ3v) is 15.3. The molecule has 5 aromatic rings. The molecule has 10 rings (SSSR count). The topological polar surface area (TPSA) is 172 Å². The van der Waals surface area contributed by atoms with Gasteiger partial charge >= 0.3 is 0 Å². The number of aliphatic hydroxyl groups is 1. The van der Waals surface area contributed by atoms with Gasteiger partial charge in [0.05, 0.1) is 23.7 Å². The van der Waals surface area contributed by atoms with E-state index in [0.717, 1.165) is 83.0 Å². The number of amides is 2. The highest BCUT2D eigenvalue weighted by atomic mass is 16.3. The van der Waals surface area contributed by atoms with Crippen molar-refractivity contribution in [2.45, 2.75) is 97.6 Å². The Morgan fingerprint density at radius 2 is 1.76 bits per heavy atom. The predicted octanol–water partition coefficient (Wildman–Crippen LogP) is 5.55. The summed E-state index contributed by atoms with van der Waals surface area (Å²) in [7, 11) is 1.65. The lowest BCUT2D eigenvalue weighted by atomic mass is 9.90. The number of nitrogens with zero attached hydrogens (tertiary/aromatic N) is 10. The molecule has 8 heterocycles. The molecule has 0 radical (unpaired) electrons. The van der Waals surface area contributed by atoms with Crippen molar-refractivity contribution in [1.82, 2.24) is 34.3 Å². The molecular formula is C53H67N13O4. The monoisotopic (exact) mass is 950 g/mol. The van der Waals surface area contributed by atoms with Crippen molar-refractivity contribution < 1.29 is 14.7 Å². The normalized spacial score (nSPS) is 22.5. The van der Waals surface area contributed by atoms with E-state index in [2.05, 4.69) is 98.4 Å². The second kappa shape index (κ2) is 19.0. The fraction of sp³-hybridized carbons (Fsp3) is 0.472. The number of anilines is 7. The zero-order valence-electron chi connectivity index (χ0n) is 41.4. The number of hydrogen-bond acceptors (Lipinski definition) is 13. The largest absolute Gasteiger partial charge is 0.392 e. The molecule has 2 amide bonds. The Balaban J connectivity index is 0.844. The van der Waals surface area contributed by atoms with Crippen LogP contribution in [0.15, 0.2) is 78.5 Å². The fourth-order valence-corrected chi connectivity index (χ4v) is 11.8. The molecule has 17 nitrogen and oxygen atoms in total. The van der Waals surface area contributed by atoms with Crippen molar-refractivity contribution in [3.05, 3.63) is 107 Å². The number of piperazine rings is 2. The van der Waals surface area contributed by atoms with Gasteiger partial charge in [-0.1, -0.05) is 20.4 Å². The maximum Gasteiger partial charge on any atom is 0.293 e. The minimum absolute atomic E-state index is 0.0566. The van der Waals surface area contributed by atoms with E-state index in [-0.39, 0.29) is 34.6 Å². The van der Waals surface area contributed by atoms with Crippen LogP contribution in [0.5, 0.6) is 0 Å². The number of nitrogens with one attached hydrogen (secondary N) is 3. The molecule has 368 valence electrons. The number of aromatic nitrogens is 5. The molecule has 17 heteroatoms. The van der Waals surface area contributed by atoms with Crippen LogP contribution >= 0.6 is 0 Å². The zero-order chi connectivity index (χ0) is 49.0. The third-order valence-electron chi connectivity index (χ3n) is 15.3. The summed E-state index contributed by atoms with van der Waals surface area (Å²) in [6, 6.07) is 15.3. The average Bonchev–Trinajstić information content (AvgIpc) is 3.85. The van der Waals surface area contributed by atoms with Gasteiger partial charge < -0.3 is 44.9 Å². The first-order valence-corrected chi connectivity index (χ1v) is 25.0. The quantitative estimate of drug-likeness (QED) is 0.122. The summed E-state index contributed by atoms with van der Waals surface area (Å²) < 4.78 is 3.59. The van der Waals surface area contributed by atoms with E-state index < -0.39 is 6.61 Å². The number of aliphatic hydroxyl groups excluding tert-OH is 1. The van der Waals surface area contributed by atoms with Gasteiger partial charge in [-0.25, -0.2) is 15.0 Å². The van der Waals surface area contributed by atoms with Crippen LogP contribution in [0.3, 0.4) is 0 Å². The minimum atomic E-state index is -0.399. The van der Waals surface area contributed by atoms with Gasteiger partial charge in [-0.3, -0.25) is 24.2 Å². The van der Waals surface area contributed by atoms with Crippen LogP contribution in [0.25, 0.3) is 11.3 Å². The lowest BCUT2D eigenvalue weighted by Gasteiger charge is -2.48. The Kier molecular flexibility index (Phi) is 12.8. The van der Waals surface area contributed by atoms with Crippen molar-refractivity contribution in [3.63, 3.8) is 0 Å². The average molecular weight is 950 g/mol. The first-order chi connectivity index (χ1) is 33.7. The van der Waals surface area contributed by atoms with Gasteiger partial charge in [0, 0.05) is 143 Å². The van der Waals surface area contributed by atoms with Crippen LogP contribution in [0.1, 0.15) is 74.8 Å². The molecule has 0 saturated carbocycles. The molecule has 0 bridgehead atoms. The second-order valence-electron chi connectivity index (χ2n) is 20.8. The van der Waals surface area contributed by atoms with Gasteiger partial charge in [-0.15, -0.1) is 0 Å². The van der Waals surface area contributed by atoms with Crippen LogP contribution in [-0.2, 0) is 37.8 Å². The van der Waals surface area contributed by atoms with Crippen molar-refractivity contribution >= 4 is 52.0 Å². The van der Waals surface area contributed by atoms with Gasteiger partial charge in [0.25, 0.3) is 11.5 Å². The summed E-state index contributed by atoms with van der Waals surface area (Å²) in [6.45, 7) is 22.1. The van der Waals surface area contributed by atoms with Crippen LogP contribution in [0.4, 0.5) is 40.2 Å². The van der Waals surface area contributed by atoms with Gasteiger partial charge in [-0.2, -0.15) is 0 Å². The molecule has 4 atom stereocenters. The first kappa shape index (κ1) is 47.1. The van der Waals surface area contributed by atoms with E-state index in [1.54, 1.807) is 30.4 Å². The van der Waals surface area contributed by atoms with E-state index in [1.165, 1.54) is 27.6 Å². The molecule has 3 saturated heterocycles. The summed E-state index contributed by atoms with van der Waals surface area (Å²) >= 11 is 0. The van der Waals surface area contributed by atoms with Gasteiger partial charge in [0.1, 0.15) is 17.3 Å². The molecule has 5 aliphatic rings. The molecule has 0 spiro atoms. The fourth-order valence-electron chi connectivity index (χ4n) is 11.8. The smallest absolute Gasteiger partial charge is 0.293 e. The Morgan fingerprint density at radius 3 is 2.53 bits per heavy atom. The SMILES string of the molecule is C=CC(=O)Nc1cc(Nc2nc(-c3ccnc(N4CCn5c(cc6c5CC(C)(C)C6)C4=O)c3CO)cn(C)c2=O)ccc1N1CCN(C2CCN(c3ccnc(N4CCNC[C@@H]4C)c3)[C@H](C)C2)C[C@@H]1C. The lowest BCUT2D eigenvalue weighted by Crippen LogP contribution is -2.58. The molecular weight excluding hydrogens is 883 g/mol. The first-order valence-electron chi connectivity index (χ1n) is 25.0. The Bertz CT molecular complexity index is 2890. The number of hydrogen-bond donors (Lipinski definition) is 4. The number of aryl methyl sites for hydroxylation is 1. The summed E-state index contributed by atoms with van der Waals surface area (Å²) in [4.78, 5) is 66.5. The summed E-state index contributed by atoms with van der Waals surface area (Å²) in [5.41, 5.74) is 7.56. The Labute approximate surface area is 410 Å². The van der Waals surface area contributed by atoms with E-state index in [1.807, 2.05) is 30.5 Å². The van der Waals surface area contributed by atoms with E-state index in [9.17, 15) is 19.5 Å². The van der Waals surface area contributed by atoms with Crippen LogP contribution in [-0.4, -0.2) is 122 Å². The number of carbonyl (C=O) groups excluding carboxylic acids is 2. The molecule has 4 aliphatic heterocycles. The predicted molar refractivity (Wildman–Crippen MR) is 277 cm³/mol. The van der Waals surface area contributed by atoms with E-state index in [4.69, 9.17) is 9.97 Å². The van der Waals surface area contributed by atoms with Crippen molar-refractivity contribution in [1.29, 1.82) is 0 Å². The lowest BCUT2D eigenvalue weighted by molar-refractivity contribution is -0.111. The number of fused-ring (bicyclic) bond motifs is 3. The highest BCUT2D eigenvalue weighted by Gasteiger charge is 2.38. The maximum absolute atomic E-state index is 14.1. The van der Waals surface area contributed by atoms with Crippen LogP contribution < -0.4 is 41.1 Å². The number of rotatable bonds is 11. The molecule has 1 aromatic carbocycles. The van der Waals surface area contributed by atoms with Crippen molar-refractivity contribution in [2.75, 3.05) is 82.6 Å². The molecule has 4 N–H and O–H groups in total. The molecule has 1 unspecified atom stereocenters. The van der Waals surface area contributed by atoms with Gasteiger partial charge in [-0.05, 0) is 99.9 Å². The number of benzene rings is 1. The van der Waals surface area contributed by atoms with Gasteiger partial charge in [0.15, 0.2) is 5.82 Å². The number of carbonyl (C=O) groups is 2. The van der Waals surface area contributed by atoms with Crippen LogP contribution in [0, 0.1) is 5.41 Å². The Morgan fingerprint density at radius 1 is 0.929 bits per heavy atom. The standard InChI is InChI=1S/C53H67N13O4/c1-8-48(68)58-42-25-37(9-10-44(42)63-20-19-61(30-35(63)4)38-13-17-62(33(2)23-38)39-11-14-55-47(26-39)64-18-16-54-29-34(64)3)57-49-52(70)60(7)31-43(59-49)40-12-15-56-50(41(40)32-67)66-22-21-65-45(51(66)69)24-36-27-53(5,6)28-46(36)65/h8-12,14-15,24-26,31,33-35,38,54,67H,1,13,16-23,27-30,32H2,2-7H3,(H,57,59)(H,58,68)/t33-,34+,35+,38?/m1/s1. The van der Waals surface area contributed by atoms with E-state index in [0.29, 0.717) is 70.9 Å². The third kappa shape index (κ3) is 8.94. The summed E-state index contributed by atoms with van der Waals surface area (Å²) in [5, 5.41) is 20.6. The number of piperidine rings is 1. The number of pyridine rings is 2. The zero-order valence-corrected chi connectivity index (χ0v) is 41.4. The maximum atomic E-state index is 14.1. The van der Waals surface area contributed by atoms with Gasteiger partial charge in [0.2, 0.25) is 5.91 Å². The van der Waals surface area contributed by atoms with Crippen molar-refractivity contribution in [3.8, 4) is 11.3 Å². The molecule has 4 aromatic heterocycles. The Hall–Kier alpha value is -6.56. The second-order valence-corrected chi connectivity index (χ2v) is 20.8. The van der Waals surface area contributed by atoms with Crippen molar-refractivity contribution in [2.24, 2.45) is 12.5 Å². The molecule has 3 fully saturated rings. The van der Waals surface area contributed by atoms with E-state index >= 15 is 0 Å². The minimum Gasteiger partial charge on any atom is -0.392 e. The molecule has 70 heavy (non-hydrogen) atoms. The van der Waals surface area contributed by atoms with Crippen LogP contribution in [0.2, 0.25) is 0 Å². The summed E-state index contributed by atoms with van der Waals surface area (Å²) in [5.74, 6) is 0.976. The highest BCUT2D eigenvalue weighted by Crippen LogP contribution is 2.41.